The second kappa shape index (κ2) is 7.63. The molecule has 1 atom stereocenters. The van der Waals surface area contributed by atoms with Gasteiger partial charge in [0.2, 0.25) is 0 Å². The number of hydrogen-bond acceptors (Lipinski definition) is 4. The first-order valence-corrected chi connectivity index (χ1v) is 6.99. The lowest BCUT2D eigenvalue weighted by Gasteiger charge is -2.10. The van der Waals surface area contributed by atoms with Gasteiger partial charge in [-0.25, -0.2) is 0 Å². The van der Waals surface area contributed by atoms with E-state index in [2.05, 4.69) is 10.6 Å². The number of benzene rings is 1. The molecule has 0 saturated carbocycles. The minimum atomic E-state index is -0.814. The Morgan fingerprint density at radius 2 is 2.00 bits per heavy atom. The van der Waals surface area contributed by atoms with Gasteiger partial charge in [-0.1, -0.05) is 23.7 Å². The van der Waals surface area contributed by atoms with Crippen molar-refractivity contribution in [2.45, 2.75) is 12.5 Å². The Kier molecular flexibility index (Phi) is 5.57. The Morgan fingerprint density at radius 1 is 1.23 bits per heavy atom. The summed E-state index contributed by atoms with van der Waals surface area (Å²) in [6.07, 6.45) is 2.39. The Morgan fingerprint density at radius 3 is 2.68 bits per heavy atom. The highest BCUT2D eigenvalue weighted by Crippen LogP contribution is 2.20. The summed E-state index contributed by atoms with van der Waals surface area (Å²) in [5.41, 5.74) is 0.984. The maximum atomic E-state index is 11.7. The van der Waals surface area contributed by atoms with Crippen molar-refractivity contribution in [2.24, 2.45) is 0 Å². The largest absolute Gasteiger partial charge is 0.472 e. The lowest BCUT2D eigenvalue weighted by atomic mass is 10.1. The standard InChI is InChI=1S/C15H15ClN2O4/c16-11-3-1-2-4-12(11)18-15(21)14(20)17-7-5-13(19)10-6-8-22-9-10/h1-4,6,8-9,13,19H,5,7H2,(H,17,20)(H,18,21). The molecule has 1 aromatic heterocycles. The fourth-order valence-electron chi connectivity index (χ4n) is 1.78. The van der Waals surface area contributed by atoms with Crippen LogP contribution >= 0.6 is 11.6 Å². The van der Waals surface area contributed by atoms with Crippen molar-refractivity contribution in [3.05, 3.63) is 53.4 Å². The molecule has 0 radical (unpaired) electrons. The summed E-state index contributed by atoms with van der Waals surface area (Å²) in [5.74, 6) is -1.61. The van der Waals surface area contributed by atoms with E-state index in [1.807, 2.05) is 0 Å². The average Bonchev–Trinajstić information content (AvgIpc) is 3.03. The van der Waals surface area contributed by atoms with Crippen LogP contribution in [0.1, 0.15) is 18.1 Å². The molecule has 0 bridgehead atoms. The van der Waals surface area contributed by atoms with Crippen LogP contribution in [0.5, 0.6) is 0 Å². The number of halogens is 1. The van der Waals surface area contributed by atoms with Gasteiger partial charge in [-0.05, 0) is 24.6 Å². The van der Waals surface area contributed by atoms with E-state index in [9.17, 15) is 14.7 Å². The van der Waals surface area contributed by atoms with Crippen molar-refractivity contribution >= 4 is 29.1 Å². The molecule has 2 amide bonds. The molecule has 7 heteroatoms. The number of rotatable bonds is 5. The van der Waals surface area contributed by atoms with Gasteiger partial charge in [0.15, 0.2) is 0 Å². The second-order valence-electron chi connectivity index (χ2n) is 4.55. The van der Waals surface area contributed by atoms with Crippen molar-refractivity contribution in [1.29, 1.82) is 0 Å². The van der Waals surface area contributed by atoms with E-state index in [1.54, 1.807) is 30.3 Å². The van der Waals surface area contributed by atoms with Crippen LogP contribution in [0.4, 0.5) is 5.69 Å². The van der Waals surface area contributed by atoms with Gasteiger partial charge in [0.1, 0.15) is 0 Å². The predicted molar refractivity (Wildman–Crippen MR) is 81.4 cm³/mol. The molecule has 0 saturated heterocycles. The van der Waals surface area contributed by atoms with E-state index in [-0.39, 0.29) is 13.0 Å². The molecule has 2 aromatic rings. The van der Waals surface area contributed by atoms with Gasteiger partial charge in [-0.2, -0.15) is 0 Å². The van der Waals surface area contributed by atoms with Gasteiger partial charge in [0.25, 0.3) is 0 Å². The number of aliphatic hydroxyl groups excluding tert-OH is 1. The van der Waals surface area contributed by atoms with Gasteiger partial charge in [0, 0.05) is 12.1 Å². The Bertz CT molecular complexity index is 643. The number of hydrogen-bond donors (Lipinski definition) is 3. The number of para-hydroxylation sites is 1. The molecule has 0 fully saturated rings. The van der Waals surface area contributed by atoms with Gasteiger partial charge in [-0.15, -0.1) is 0 Å². The number of furan rings is 1. The van der Waals surface area contributed by atoms with Crippen LogP contribution in [0.25, 0.3) is 0 Å². The average molecular weight is 323 g/mol. The number of carbonyl (C=O) groups is 2. The quantitative estimate of drug-likeness (QED) is 0.735. The van der Waals surface area contributed by atoms with Crippen LogP contribution in [0.15, 0.2) is 47.3 Å². The van der Waals surface area contributed by atoms with Gasteiger partial charge < -0.3 is 20.2 Å². The van der Waals surface area contributed by atoms with Crippen molar-refractivity contribution in [3.63, 3.8) is 0 Å². The summed E-state index contributed by atoms with van der Waals surface area (Å²) >= 11 is 5.89. The molecule has 1 heterocycles. The molecule has 22 heavy (non-hydrogen) atoms. The third-order valence-corrected chi connectivity index (χ3v) is 3.29. The molecule has 3 N–H and O–H groups in total. The summed E-state index contributed by atoms with van der Waals surface area (Å²) < 4.78 is 4.85. The molecule has 2 rings (SSSR count). The zero-order valence-corrected chi connectivity index (χ0v) is 12.3. The number of aliphatic hydroxyl groups is 1. The fourth-order valence-corrected chi connectivity index (χ4v) is 1.96. The van der Waals surface area contributed by atoms with Gasteiger partial charge in [0.05, 0.1) is 29.3 Å². The lowest BCUT2D eigenvalue weighted by Crippen LogP contribution is -2.36. The summed E-state index contributed by atoms with van der Waals surface area (Å²) in [5, 5.41) is 15.0. The van der Waals surface area contributed by atoms with Crippen molar-refractivity contribution in [1.82, 2.24) is 5.32 Å². The van der Waals surface area contributed by atoms with E-state index >= 15 is 0 Å². The zero-order chi connectivity index (χ0) is 15.9. The Hall–Kier alpha value is -2.31. The van der Waals surface area contributed by atoms with Gasteiger partial charge >= 0.3 is 11.8 Å². The minimum Gasteiger partial charge on any atom is -0.472 e. The van der Waals surface area contributed by atoms with Crippen LogP contribution in [-0.2, 0) is 9.59 Å². The van der Waals surface area contributed by atoms with E-state index in [1.165, 1.54) is 12.5 Å². The first-order valence-electron chi connectivity index (χ1n) is 6.62. The molecule has 1 unspecified atom stereocenters. The van der Waals surface area contributed by atoms with Gasteiger partial charge in [-0.3, -0.25) is 9.59 Å². The topological polar surface area (TPSA) is 91.6 Å². The van der Waals surface area contributed by atoms with Crippen molar-refractivity contribution < 1.29 is 19.1 Å². The third-order valence-electron chi connectivity index (χ3n) is 2.96. The van der Waals surface area contributed by atoms with Crippen LogP contribution in [0, 0.1) is 0 Å². The molecule has 0 spiro atoms. The first-order chi connectivity index (χ1) is 10.6. The predicted octanol–water partition coefficient (Wildman–Crippen LogP) is 2.11. The van der Waals surface area contributed by atoms with E-state index < -0.39 is 17.9 Å². The van der Waals surface area contributed by atoms with Crippen LogP contribution in [-0.4, -0.2) is 23.5 Å². The highest BCUT2D eigenvalue weighted by molar-refractivity contribution is 6.41. The summed E-state index contributed by atoms with van der Waals surface area (Å²) in [4.78, 5) is 23.4. The third kappa shape index (κ3) is 4.34. The summed E-state index contributed by atoms with van der Waals surface area (Å²) in [7, 11) is 0. The van der Waals surface area contributed by atoms with E-state index in [0.717, 1.165) is 0 Å². The second-order valence-corrected chi connectivity index (χ2v) is 4.96. The Labute approximate surface area is 132 Å². The molecular weight excluding hydrogens is 308 g/mol. The smallest absolute Gasteiger partial charge is 0.313 e. The van der Waals surface area contributed by atoms with Crippen LogP contribution in [0.3, 0.4) is 0 Å². The fraction of sp³-hybridized carbons (Fsp3) is 0.200. The first kappa shape index (κ1) is 16.1. The highest BCUT2D eigenvalue weighted by atomic mass is 35.5. The molecule has 0 aliphatic rings. The number of nitrogens with one attached hydrogen (secondary N) is 2. The number of anilines is 1. The number of amides is 2. The van der Waals surface area contributed by atoms with Crippen LogP contribution < -0.4 is 10.6 Å². The highest BCUT2D eigenvalue weighted by Gasteiger charge is 2.15. The minimum absolute atomic E-state index is 0.154. The van der Waals surface area contributed by atoms with E-state index in [0.29, 0.717) is 16.3 Å². The summed E-state index contributed by atoms with van der Waals surface area (Å²) in [6.45, 7) is 0.154. The SMILES string of the molecule is O=C(NCCC(O)c1ccoc1)C(=O)Nc1ccccc1Cl. The molecular formula is C15H15ClN2O4. The maximum absolute atomic E-state index is 11.7. The maximum Gasteiger partial charge on any atom is 0.313 e. The molecule has 0 aliphatic carbocycles. The summed E-state index contributed by atoms with van der Waals surface area (Å²) in [6, 6.07) is 8.25. The molecule has 116 valence electrons. The molecule has 0 aliphatic heterocycles. The molecule has 1 aromatic carbocycles. The van der Waals surface area contributed by atoms with E-state index in [4.69, 9.17) is 16.0 Å². The normalized spacial score (nSPS) is 11.7. The molecule has 6 nitrogen and oxygen atoms in total. The van der Waals surface area contributed by atoms with Crippen LogP contribution in [0.2, 0.25) is 5.02 Å². The van der Waals surface area contributed by atoms with Crippen molar-refractivity contribution in [2.75, 3.05) is 11.9 Å². The number of carbonyl (C=O) groups excluding carboxylic acids is 2. The monoisotopic (exact) mass is 322 g/mol. The lowest BCUT2D eigenvalue weighted by molar-refractivity contribution is -0.136. The zero-order valence-electron chi connectivity index (χ0n) is 11.6. The Balaban J connectivity index is 1.77. The van der Waals surface area contributed by atoms with Crippen molar-refractivity contribution in [3.8, 4) is 0 Å².